The molecule has 1 aliphatic carbocycles. The van der Waals surface area contributed by atoms with Gasteiger partial charge in [-0.15, -0.1) is 11.3 Å². The quantitative estimate of drug-likeness (QED) is 0.612. The first-order chi connectivity index (χ1) is 10.3. The van der Waals surface area contributed by atoms with Gasteiger partial charge in [-0.3, -0.25) is 0 Å². The van der Waals surface area contributed by atoms with Crippen LogP contribution in [-0.4, -0.2) is 0 Å². The summed E-state index contributed by atoms with van der Waals surface area (Å²) in [7, 11) is 0. The summed E-state index contributed by atoms with van der Waals surface area (Å²) in [6.45, 7) is 0. The lowest BCUT2D eigenvalue weighted by Crippen LogP contribution is -2.12. The molecule has 0 aliphatic heterocycles. The highest BCUT2D eigenvalue weighted by molar-refractivity contribution is 7.17. The minimum Gasteiger partial charge on any atom is -0.378 e. The zero-order chi connectivity index (χ0) is 14.2. The third-order valence-corrected chi connectivity index (χ3v) is 5.25. The van der Waals surface area contributed by atoms with Gasteiger partial charge >= 0.3 is 0 Å². The van der Waals surface area contributed by atoms with Crippen LogP contribution in [0.25, 0.3) is 10.1 Å². The maximum absolute atomic E-state index is 6.01. The molecule has 1 saturated carbocycles. The number of anilines is 1. The van der Waals surface area contributed by atoms with Crippen LogP contribution in [0.1, 0.15) is 24.4 Å². The van der Waals surface area contributed by atoms with Crippen LogP contribution in [0.2, 0.25) is 5.02 Å². The van der Waals surface area contributed by atoms with Crippen molar-refractivity contribution >= 4 is 38.7 Å². The van der Waals surface area contributed by atoms with Gasteiger partial charge in [0, 0.05) is 15.4 Å². The zero-order valence-electron chi connectivity index (χ0n) is 11.6. The lowest BCUT2D eigenvalue weighted by molar-refractivity contribution is 0.679. The number of rotatable bonds is 4. The average molecular weight is 314 g/mol. The van der Waals surface area contributed by atoms with Crippen molar-refractivity contribution in [1.82, 2.24) is 0 Å². The number of fused-ring (bicyclic) bond motifs is 1. The zero-order valence-corrected chi connectivity index (χ0v) is 13.1. The smallest absolute Gasteiger partial charge is 0.0542 e. The standard InChI is InChI=1S/C18H16ClNS/c19-15-5-3-13(4-6-15)18(12-1-2-12)20-16-7-8-17-14(11-16)9-10-21-17/h3-12,18,20H,1-2H2. The van der Waals surface area contributed by atoms with E-state index in [1.165, 1.54) is 34.2 Å². The molecular weight excluding hydrogens is 298 g/mol. The van der Waals surface area contributed by atoms with Crippen LogP contribution in [0, 0.1) is 5.92 Å². The van der Waals surface area contributed by atoms with Gasteiger partial charge in [-0.05, 0) is 71.5 Å². The van der Waals surface area contributed by atoms with E-state index in [-0.39, 0.29) is 0 Å². The molecule has 1 fully saturated rings. The highest BCUT2D eigenvalue weighted by Gasteiger charge is 2.32. The second-order valence-corrected chi connectivity index (χ2v) is 7.07. The normalized spacial score (nSPS) is 16.0. The topological polar surface area (TPSA) is 12.0 Å². The molecule has 1 atom stereocenters. The first kappa shape index (κ1) is 13.2. The van der Waals surface area contributed by atoms with E-state index < -0.39 is 0 Å². The molecule has 3 aromatic rings. The molecule has 0 amide bonds. The van der Waals surface area contributed by atoms with Crippen LogP contribution in [0.15, 0.2) is 53.9 Å². The fraction of sp³-hybridized carbons (Fsp3) is 0.222. The van der Waals surface area contributed by atoms with E-state index in [0.717, 1.165) is 10.9 Å². The fourth-order valence-electron chi connectivity index (χ4n) is 2.81. The van der Waals surface area contributed by atoms with E-state index in [1.54, 1.807) is 11.3 Å². The molecule has 0 saturated heterocycles. The van der Waals surface area contributed by atoms with Crippen molar-refractivity contribution in [2.75, 3.05) is 5.32 Å². The van der Waals surface area contributed by atoms with Gasteiger partial charge in [-0.2, -0.15) is 0 Å². The molecular formula is C18H16ClNS. The second-order valence-electron chi connectivity index (χ2n) is 5.68. The van der Waals surface area contributed by atoms with Crippen molar-refractivity contribution in [3.05, 3.63) is 64.5 Å². The number of benzene rings is 2. The summed E-state index contributed by atoms with van der Waals surface area (Å²) in [4.78, 5) is 0. The Labute approximate surface area is 133 Å². The van der Waals surface area contributed by atoms with Crippen molar-refractivity contribution in [2.24, 2.45) is 5.92 Å². The summed E-state index contributed by atoms with van der Waals surface area (Å²) in [6.07, 6.45) is 2.61. The molecule has 4 rings (SSSR count). The molecule has 21 heavy (non-hydrogen) atoms. The molecule has 1 heterocycles. The SMILES string of the molecule is Clc1ccc(C(Nc2ccc3sccc3c2)C2CC2)cc1. The van der Waals surface area contributed by atoms with Gasteiger partial charge in [0.15, 0.2) is 0 Å². The molecule has 2 aromatic carbocycles. The predicted octanol–water partition coefficient (Wildman–Crippen LogP) is 6.12. The molecule has 3 heteroatoms. The molecule has 0 radical (unpaired) electrons. The van der Waals surface area contributed by atoms with E-state index in [2.05, 4.69) is 47.1 Å². The Kier molecular flexibility index (Phi) is 3.36. The van der Waals surface area contributed by atoms with Gasteiger partial charge in [0.1, 0.15) is 0 Å². The van der Waals surface area contributed by atoms with E-state index in [9.17, 15) is 0 Å². The first-order valence-corrected chi connectivity index (χ1v) is 8.55. The molecule has 1 aromatic heterocycles. The van der Waals surface area contributed by atoms with Crippen LogP contribution in [0.4, 0.5) is 5.69 Å². The molecule has 0 bridgehead atoms. The number of hydrogen-bond acceptors (Lipinski definition) is 2. The molecule has 1 unspecified atom stereocenters. The largest absolute Gasteiger partial charge is 0.378 e. The van der Waals surface area contributed by atoms with Crippen LogP contribution >= 0.6 is 22.9 Å². The minimum atomic E-state index is 0.387. The minimum absolute atomic E-state index is 0.387. The summed E-state index contributed by atoms with van der Waals surface area (Å²) in [5, 5.41) is 7.98. The Bertz CT molecular complexity index is 758. The van der Waals surface area contributed by atoms with Crippen LogP contribution < -0.4 is 5.32 Å². The van der Waals surface area contributed by atoms with Gasteiger partial charge < -0.3 is 5.32 Å². The maximum atomic E-state index is 6.01. The lowest BCUT2D eigenvalue weighted by atomic mass is 10.0. The van der Waals surface area contributed by atoms with Crippen molar-refractivity contribution in [3.63, 3.8) is 0 Å². The third kappa shape index (κ3) is 2.78. The number of thiophene rings is 1. The lowest BCUT2D eigenvalue weighted by Gasteiger charge is -2.20. The Morgan fingerprint density at radius 1 is 1.05 bits per heavy atom. The van der Waals surface area contributed by atoms with Crippen LogP contribution in [0.3, 0.4) is 0 Å². The molecule has 0 spiro atoms. The summed E-state index contributed by atoms with van der Waals surface area (Å²) in [5.74, 6) is 0.740. The first-order valence-electron chi connectivity index (χ1n) is 7.29. The number of nitrogens with one attached hydrogen (secondary N) is 1. The van der Waals surface area contributed by atoms with Crippen LogP contribution in [-0.2, 0) is 0 Å². The summed E-state index contributed by atoms with van der Waals surface area (Å²) in [5.41, 5.74) is 2.53. The Hall–Kier alpha value is -1.51. The summed E-state index contributed by atoms with van der Waals surface area (Å²) in [6, 6.07) is 17.4. The van der Waals surface area contributed by atoms with Crippen molar-refractivity contribution in [2.45, 2.75) is 18.9 Å². The Morgan fingerprint density at radius 2 is 1.86 bits per heavy atom. The molecule has 106 valence electrons. The molecule has 1 nitrogen and oxygen atoms in total. The predicted molar refractivity (Wildman–Crippen MR) is 92.4 cm³/mol. The number of hydrogen-bond donors (Lipinski definition) is 1. The van der Waals surface area contributed by atoms with Gasteiger partial charge in [0.05, 0.1) is 6.04 Å². The Balaban J connectivity index is 1.63. The van der Waals surface area contributed by atoms with Crippen LogP contribution in [0.5, 0.6) is 0 Å². The average Bonchev–Trinajstić information content (AvgIpc) is 3.23. The highest BCUT2D eigenvalue weighted by Crippen LogP contribution is 2.43. The molecule has 1 aliphatic rings. The second kappa shape index (κ2) is 5.36. The summed E-state index contributed by atoms with van der Waals surface area (Å²) < 4.78 is 1.34. The van der Waals surface area contributed by atoms with Gasteiger partial charge in [-0.25, -0.2) is 0 Å². The van der Waals surface area contributed by atoms with Gasteiger partial charge in [-0.1, -0.05) is 23.7 Å². The third-order valence-electron chi connectivity index (χ3n) is 4.10. The number of halogens is 1. The monoisotopic (exact) mass is 313 g/mol. The van der Waals surface area contributed by atoms with E-state index in [0.29, 0.717) is 6.04 Å². The maximum Gasteiger partial charge on any atom is 0.0542 e. The van der Waals surface area contributed by atoms with E-state index in [1.807, 2.05) is 12.1 Å². The van der Waals surface area contributed by atoms with Gasteiger partial charge in [0.25, 0.3) is 0 Å². The highest BCUT2D eigenvalue weighted by atomic mass is 35.5. The van der Waals surface area contributed by atoms with Crippen molar-refractivity contribution in [3.8, 4) is 0 Å². The summed E-state index contributed by atoms with van der Waals surface area (Å²) >= 11 is 7.79. The van der Waals surface area contributed by atoms with E-state index in [4.69, 9.17) is 11.6 Å². The van der Waals surface area contributed by atoms with Gasteiger partial charge in [0.2, 0.25) is 0 Å². The molecule has 1 N–H and O–H groups in total. The Morgan fingerprint density at radius 3 is 2.62 bits per heavy atom. The van der Waals surface area contributed by atoms with Crippen molar-refractivity contribution in [1.29, 1.82) is 0 Å². The fourth-order valence-corrected chi connectivity index (χ4v) is 3.71. The van der Waals surface area contributed by atoms with Crippen molar-refractivity contribution < 1.29 is 0 Å². The van der Waals surface area contributed by atoms with E-state index >= 15 is 0 Å².